The number of para-hydroxylation sites is 1. The van der Waals surface area contributed by atoms with Gasteiger partial charge in [-0.05, 0) is 24.3 Å². The monoisotopic (exact) mass is 406 g/mol. The average Bonchev–Trinajstić information content (AvgIpc) is 2.77. The average molecular weight is 406 g/mol. The first-order chi connectivity index (χ1) is 14.4. The minimum atomic E-state index is -1.04. The lowest BCUT2D eigenvalue weighted by Gasteiger charge is -2.10. The van der Waals surface area contributed by atoms with Crippen LogP contribution in [-0.4, -0.2) is 42.2 Å². The van der Waals surface area contributed by atoms with Crippen LogP contribution in [0.4, 0.5) is 5.69 Å². The number of ether oxygens (including phenoxy) is 2. The van der Waals surface area contributed by atoms with Crippen LogP contribution in [0.1, 0.15) is 10.4 Å². The SMILES string of the molecule is COC(=O)/C=C(/Nc1ccc(-c2cc(C(=O)O)c3ccccc3n2)cc1)C(=O)OC. The maximum absolute atomic E-state index is 11.9. The molecule has 3 rings (SSSR count). The van der Waals surface area contributed by atoms with Crippen molar-refractivity contribution in [2.24, 2.45) is 0 Å². The summed E-state index contributed by atoms with van der Waals surface area (Å²) in [6.45, 7) is 0. The van der Waals surface area contributed by atoms with E-state index in [1.165, 1.54) is 20.3 Å². The van der Waals surface area contributed by atoms with E-state index in [0.717, 1.165) is 6.08 Å². The molecule has 3 aromatic rings. The zero-order chi connectivity index (χ0) is 21.7. The second-order valence-corrected chi connectivity index (χ2v) is 6.15. The number of carbonyl (C=O) groups is 3. The molecule has 0 fully saturated rings. The van der Waals surface area contributed by atoms with E-state index in [2.05, 4.69) is 19.8 Å². The van der Waals surface area contributed by atoms with Crippen LogP contribution >= 0.6 is 0 Å². The van der Waals surface area contributed by atoms with Crippen molar-refractivity contribution in [3.05, 3.63) is 71.9 Å². The fraction of sp³-hybridized carbons (Fsp3) is 0.0909. The van der Waals surface area contributed by atoms with Crippen molar-refractivity contribution in [2.45, 2.75) is 0 Å². The van der Waals surface area contributed by atoms with Gasteiger partial charge >= 0.3 is 17.9 Å². The summed E-state index contributed by atoms with van der Waals surface area (Å²) in [5.74, 6) is -2.48. The fourth-order valence-corrected chi connectivity index (χ4v) is 2.81. The van der Waals surface area contributed by atoms with Crippen LogP contribution in [0.25, 0.3) is 22.2 Å². The number of nitrogens with one attached hydrogen (secondary N) is 1. The van der Waals surface area contributed by atoms with Crippen LogP contribution in [0.5, 0.6) is 0 Å². The minimum Gasteiger partial charge on any atom is -0.478 e. The second kappa shape index (κ2) is 8.87. The standard InChI is InChI=1S/C22H18N2O6/c1-29-20(25)12-19(22(28)30-2)23-14-9-7-13(8-10-14)18-11-16(21(26)27)15-5-3-4-6-17(15)24-18/h3-12,23H,1-2H3,(H,26,27)/b19-12+. The van der Waals surface area contributed by atoms with Crippen LogP contribution < -0.4 is 5.32 Å². The Hall–Kier alpha value is -4.20. The van der Waals surface area contributed by atoms with Crippen LogP contribution in [0.2, 0.25) is 0 Å². The molecule has 2 aromatic carbocycles. The zero-order valence-corrected chi connectivity index (χ0v) is 16.2. The highest BCUT2D eigenvalue weighted by Crippen LogP contribution is 2.26. The number of benzene rings is 2. The van der Waals surface area contributed by atoms with Crippen LogP contribution in [0, 0.1) is 0 Å². The molecular weight excluding hydrogens is 388 g/mol. The number of carboxylic acids is 1. The Labute approximate surface area is 171 Å². The van der Waals surface area contributed by atoms with Gasteiger partial charge in [-0.2, -0.15) is 0 Å². The normalized spacial score (nSPS) is 11.1. The molecule has 0 saturated heterocycles. The number of carbonyl (C=O) groups excluding carboxylic acids is 2. The number of methoxy groups -OCH3 is 2. The molecule has 8 nitrogen and oxygen atoms in total. The first-order valence-electron chi connectivity index (χ1n) is 8.81. The van der Waals surface area contributed by atoms with Crippen molar-refractivity contribution >= 4 is 34.5 Å². The highest BCUT2D eigenvalue weighted by atomic mass is 16.5. The van der Waals surface area contributed by atoms with Gasteiger partial charge in [0.2, 0.25) is 0 Å². The van der Waals surface area contributed by atoms with E-state index in [1.54, 1.807) is 48.5 Å². The molecule has 0 aliphatic carbocycles. The van der Waals surface area contributed by atoms with Gasteiger partial charge in [0, 0.05) is 16.6 Å². The number of rotatable bonds is 6. The number of hydrogen-bond acceptors (Lipinski definition) is 7. The van der Waals surface area contributed by atoms with Gasteiger partial charge in [0.15, 0.2) is 0 Å². The van der Waals surface area contributed by atoms with Gasteiger partial charge in [-0.15, -0.1) is 0 Å². The first-order valence-corrected chi connectivity index (χ1v) is 8.81. The van der Waals surface area contributed by atoms with E-state index in [4.69, 9.17) is 0 Å². The third-order valence-electron chi connectivity index (χ3n) is 4.27. The topological polar surface area (TPSA) is 115 Å². The number of aromatic carboxylic acids is 1. The predicted molar refractivity (Wildman–Crippen MR) is 110 cm³/mol. The molecule has 0 spiro atoms. The summed E-state index contributed by atoms with van der Waals surface area (Å²) in [6, 6.07) is 15.3. The van der Waals surface area contributed by atoms with Crippen molar-refractivity contribution in [1.29, 1.82) is 0 Å². The number of nitrogens with zero attached hydrogens (tertiary/aromatic N) is 1. The third kappa shape index (κ3) is 4.44. The van der Waals surface area contributed by atoms with Crippen LogP contribution in [0.15, 0.2) is 66.4 Å². The molecule has 1 heterocycles. The summed E-state index contributed by atoms with van der Waals surface area (Å²) in [4.78, 5) is 39.5. The molecule has 2 N–H and O–H groups in total. The van der Waals surface area contributed by atoms with Crippen molar-refractivity contribution in [1.82, 2.24) is 4.98 Å². The molecule has 152 valence electrons. The van der Waals surface area contributed by atoms with E-state index in [1.807, 2.05) is 0 Å². The molecule has 0 unspecified atom stereocenters. The quantitative estimate of drug-likeness (QED) is 0.474. The molecule has 0 amide bonds. The molecule has 0 bridgehead atoms. The van der Waals surface area contributed by atoms with Crippen molar-refractivity contribution < 1.29 is 29.0 Å². The highest BCUT2D eigenvalue weighted by Gasteiger charge is 2.14. The number of esters is 2. The Bertz CT molecular complexity index is 1150. The summed E-state index contributed by atoms with van der Waals surface area (Å²) in [5, 5.41) is 12.9. The second-order valence-electron chi connectivity index (χ2n) is 6.15. The van der Waals surface area contributed by atoms with Gasteiger partial charge in [-0.1, -0.05) is 30.3 Å². The Morgan fingerprint density at radius 1 is 1.00 bits per heavy atom. The van der Waals surface area contributed by atoms with Crippen molar-refractivity contribution in [3.8, 4) is 11.3 Å². The first kappa shape index (κ1) is 20.5. The summed E-state index contributed by atoms with van der Waals surface area (Å²) in [7, 11) is 2.40. The molecule has 1 aromatic heterocycles. The van der Waals surface area contributed by atoms with E-state index < -0.39 is 17.9 Å². The van der Waals surface area contributed by atoms with E-state index in [9.17, 15) is 19.5 Å². The lowest BCUT2D eigenvalue weighted by Crippen LogP contribution is -2.15. The molecule has 0 aliphatic heterocycles. The van der Waals surface area contributed by atoms with Gasteiger partial charge in [-0.3, -0.25) is 0 Å². The molecule has 0 radical (unpaired) electrons. The van der Waals surface area contributed by atoms with Crippen molar-refractivity contribution in [2.75, 3.05) is 19.5 Å². The summed E-state index contributed by atoms with van der Waals surface area (Å²) < 4.78 is 9.19. The minimum absolute atomic E-state index is 0.0888. The Kier molecular flexibility index (Phi) is 6.07. The van der Waals surface area contributed by atoms with Gasteiger partial charge in [-0.25, -0.2) is 19.4 Å². The Morgan fingerprint density at radius 2 is 1.70 bits per heavy atom. The third-order valence-corrected chi connectivity index (χ3v) is 4.27. The number of aromatic nitrogens is 1. The molecule has 8 heteroatoms. The van der Waals surface area contributed by atoms with E-state index in [0.29, 0.717) is 27.8 Å². The van der Waals surface area contributed by atoms with Crippen LogP contribution in [-0.2, 0) is 19.1 Å². The largest absolute Gasteiger partial charge is 0.478 e. The number of fused-ring (bicyclic) bond motifs is 1. The van der Waals surface area contributed by atoms with Gasteiger partial charge in [0.05, 0.1) is 37.1 Å². The lowest BCUT2D eigenvalue weighted by atomic mass is 10.0. The molecule has 0 saturated carbocycles. The maximum atomic E-state index is 11.9. The van der Waals surface area contributed by atoms with Gasteiger partial charge < -0.3 is 19.9 Å². The number of hydrogen-bond donors (Lipinski definition) is 2. The Balaban J connectivity index is 1.94. The smallest absolute Gasteiger partial charge is 0.354 e. The number of pyridine rings is 1. The summed E-state index contributed by atoms with van der Waals surface area (Å²) in [6.07, 6.45) is 0.990. The van der Waals surface area contributed by atoms with E-state index >= 15 is 0 Å². The van der Waals surface area contributed by atoms with Crippen molar-refractivity contribution in [3.63, 3.8) is 0 Å². The molecular formula is C22H18N2O6. The number of carboxylic acid groups (broad SMARTS) is 1. The van der Waals surface area contributed by atoms with E-state index in [-0.39, 0.29) is 11.3 Å². The fourth-order valence-electron chi connectivity index (χ4n) is 2.81. The molecule has 30 heavy (non-hydrogen) atoms. The van der Waals surface area contributed by atoms with Gasteiger partial charge in [0.25, 0.3) is 0 Å². The summed E-state index contributed by atoms with van der Waals surface area (Å²) in [5.41, 5.74) is 2.34. The maximum Gasteiger partial charge on any atom is 0.354 e. The lowest BCUT2D eigenvalue weighted by molar-refractivity contribution is -0.138. The molecule has 0 atom stereocenters. The summed E-state index contributed by atoms with van der Waals surface area (Å²) >= 11 is 0. The van der Waals surface area contributed by atoms with Gasteiger partial charge in [0.1, 0.15) is 5.70 Å². The van der Waals surface area contributed by atoms with Crippen LogP contribution in [0.3, 0.4) is 0 Å². The zero-order valence-electron chi connectivity index (χ0n) is 16.2. The molecule has 0 aliphatic rings. The number of anilines is 1. The highest BCUT2D eigenvalue weighted by molar-refractivity contribution is 6.03. The Morgan fingerprint density at radius 3 is 2.33 bits per heavy atom. The predicted octanol–water partition coefficient (Wildman–Crippen LogP) is 3.24.